The lowest BCUT2D eigenvalue weighted by Gasteiger charge is -2.22. The molecule has 1 aliphatic carbocycles. The Balaban J connectivity index is 1.31. The predicted octanol–water partition coefficient (Wildman–Crippen LogP) is 2.23. The number of aryl methyl sites for hydroxylation is 1. The lowest BCUT2D eigenvalue weighted by atomic mass is 9.92. The Bertz CT molecular complexity index is 963. The fraction of sp³-hybridized carbons (Fsp3) is 0.286. The molecular formula is C21H20ClN3O4. The summed E-state index contributed by atoms with van der Waals surface area (Å²) in [6, 6.07) is 13.9. The van der Waals surface area contributed by atoms with E-state index >= 15 is 0 Å². The summed E-state index contributed by atoms with van der Waals surface area (Å²) < 4.78 is 5.51. The molecule has 0 bridgehead atoms. The zero-order valence-corrected chi connectivity index (χ0v) is 16.4. The third-order valence-corrected chi connectivity index (χ3v) is 5.48. The maximum absolute atomic E-state index is 13.0. The smallest absolute Gasteiger partial charge is 0.325 e. The molecule has 2 N–H and O–H groups in total. The van der Waals surface area contributed by atoms with E-state index in [0.717, 1.165) is 16.0 Å². The maximum atomic E-state index is 13.0. The van der Waals surface area contributed by atoms with Crippen LogP contribution in [0.5, 0.6) is 5.75 Å². The summed E-state index contributed by atoms with van der Waals surface area (Å²) in [4.78, 5) is 38.6. The number of nitrogens with one attached hydrogen (secondary N) is 2. The summed E-state index contributed by atoms with van der Waals surface area (Å²) in [7, 11) is 0. The van der Waals surface area contributed by atoms with Crippen LogP contribution in [0, 0.1) is 0 Å². The molecule has 150 valence electrons. The van der Waals surface area contributed by atoms with Gasteiger partial charge in [-0.3, -0.25) is 14.5 Å². The van der Waals surface area contributed by atoms with Crippen LogP contribution in [0.2, 0.25) is 5.02 Å². The third-order valence-electron chi connectivity index (χ3n) is 5.23. The van der Waals surface area contributed by atoms with Crippen molar-refractivity contribution in [2.45, 2.75) is 18.4 Å². The van der Waals surface area contributed by atoms with Gasteiger partial charge in [-0.15, -0.1) is 0 Å². The number of carbonyl (C=O) groups excluding carboxylic acids is 3. The quantitative estimate of drug-likeness (QED) is 0.561. The second kappa shape index (κ2) is 7.75. The van der Waals surface area contributed by atoms with Crippen LogP contribution in [0.3, 0.4) is 0 Å². The summed E-state index contributed by atoms with van der Waals surface area (Å²) in [5, 5.41) is 6.09. The Kier molecular flexibility index (Phi) is 5.15. The maximum Gasteiger partial charge on any atom is 0.325 e. The van der Waals surface area contributed by atoms with Gasteiger partial charge in [0.1, 0.15) is 24.4 Å². The van der Waals surface area contributed by atoms with Gasteiger partial charge >= 0.3 is 6.03 Å². The van der Waals surface area contributed by atoms with E-state index in [1.165, 1.54) is 0 Å². The molecule has 1 fully saturated rings. The molecule has 1 heterocycles. The number of carbonyl (C=O) groups is 3. The molecule has 1 aliphatic heterocycles. The third kappa shape index (κ3) is 3.65. The van der Waals surface area contributed by atoms with Gasteiger partial charge in [-0.05, 0) is 48.2 Å². The zero-order valence-electron chi connectivity index (χ0n) is 15.6. The SMILES string of the molecule is O=C(CN1C(=O)N[C@]2(CCc3ccccc32)C1=O)NCCOc1ccc(Cl)cc1. The largest absolute Gasteiger partial charge is 0.492 e. The Labute approximate surface area is 173 Å². The van der Waals surface area contributed by atoms with Gasteiger partial charge in [-0.2, -0.15) is 0 Å². The molecule has 29 heavy (non-hydrogen) atoms. The first-order valence-electron chi connectivity index (χ1n) is 9.37. The van der Waals surface area contributed by atoms with Crippen molar-refractivity contribution in [1.82, 2.24) is 15.5 Å². The molecule has 0 radical (unpaired) electrons. The highest BCUT2D eigenvalue weighted by Gasteiger charge is 2.55. The first-order chi connectivity index (χ1) is 14.0. The minimum absolute atomic E-state index is 0.249. The summed E-state index contributed by atoms with van der Waals surface area (Å²) in [5.74, 6) is -0.156. The number of rotatable bonds is 6. The van der Waals surface area contributed by atoms with Gasteiger partial charge in [-0.25, -0.2) is 4.79 Å². The van der Waals surface area contributed by atoms with Gasteiger partial charge in [0.15, 0.2) is 0 Å². The Hall–Kier alpha value is -3.06. The molecule has 8 heteroatoms. The van der Waals surface area contributed by atoms with E-state index in [-0.39, 0.29) is 25.6 Å². The van der Waals surface area contributed by atoms with E-state index in [2.05, 4.69) is 10.6 Å². The van der Waals surface area contributed by atoms with E-state index < -0.39 is 17.5 Å². The van der Waals surface area contributed by atoms with Gasteiger partial charge < -0.3 is 15.4 Å². The van der Waals surface area contributed by atoms with E-state index in [4.69, 9.17) is 16.3 Å². The summed E-state index contributed by atoms with van der Waals surface area (Å²) in [5.41, 5.74) is 0.815. The second-order valence-corrected chi connectivity index (χ2v) is 7.47. The fourth-order valence-corrected chi connectivity index (χ4v) is 3.95. The average molecular weight is 414 g/mol. The second-order valence-electron chi connectivity index (χ2n) is 7.04. The molecule has 1 spiro atoms. The lowest BCUT2D eigenvalue weighted by Crippen LogP contribution is -2.44. The Morgan fingerprint density at radius 3 is 2.72 bits per heavy atom. The van der Waals surface area contributed by atoms with Crippen LogP contribution in [0.25, 0.3) is 0 Å². The molecule has 0 unspecified atom stereocenters. The van der Waals surface area contributed by atoms with Crippen molar-refractivity contribution >= 4 is 29.4 Å². The highest BCUT2D eigenvalue weighted by atomic mass is 35.5. The van der Waals surface area contributed by atoms with Crippen molar-refractivity contribution in [3.63, 3.8) is 0 Å². The summed E-state index contributed by atoms with van der Waals surface area (Å²) in [6.07, 6.45) is 1.22. The van der Waals surface area contributed by atoms with Gasteiger partial charge in [0.05, 0.1) is 6.54 Å². The minimum Gasteiger partial charge on any atom is -0.492 e. The Morgan fingerprint density at radius 2 is 1.93 bits per heavy atom. The molecule has 2 aromatic carbocycles. The van der Waals surface area contributed by atoms with Gasteiger partial charge in [0.2, 0.25) is 5.91 Å². The summed E-state index contributed by atoms with van der Waals surface area (Å²) in [6.45, 7) is 0.180. The van der Waals surface area contributed by atoms with Crippen LogP contribution in [0.1, 0.15) is 17.5 Å². The number of urea groups is 1. The molecule has 0 aromatic heterocycles. The van der Waals surface area contributed by atoms with E-state index in [1.807, 2.05) is 24.3 Å². The Morgan fingerprint density at radius 1 is 1.17 bits per heavy atom. The number of fused-ring (bicyclic) bond motifs is 2. The summed E-state index contributed by atoms with van der Waals surface area (Å²) >= 11 is 5.81. The van der Waals surface area contributed by atoms with Crippen molar-refractivity contribution in [3.8, 4) is 5.75 Å². The highest BCUT2D eigenvalue weighted by Crippen LogP contribution is 2.41. The highest BCUT2D eigenvalue weighted by molar-refractivity contribution is 6.30. The molecule has 1 saturated heterocycles. The molecule has 2 aliphatic rings. The molecule has 2 aromatic rings. The topological polar surface area (TPSA) is 87.7 Å². The van der Waals surface area contributed by atoms with Crippen molar-refractivity contribution in [3.05, 3.63) is 64.7 Å². The number of halogens is 1. The number of benzene rings is 2. The number of hydrogen-bond acceptors (Lipinski definition) is 4. The van der Waals surface area contributed by atoms with Crippen molar-refractivity contribution in [2.75, 3.05) is 19.7 Å². The van der Waals surface area contributed by atoms with E-state index in [1.54, 1.807) is 24.3 Å². The molecule has 7 nitrogen and oxygen atoms in total. The number of ether oxygens (including phenoxy) is 1. The monoisotopic (exact) mass is 413 g/mol. The van der Waals surface area contributed by atoms with Crippen LogP contribution in [0.4, 0.5) is 4.79 Å². The van der Waals surface area contributed by atoms with Crippen LogP contribution in [0.15, 0.2) is 48.5 Å². The van der Waals surface area contributed by atoms with Crippen LogP contribution >= 0.6 is 11.6 Å². The normalized spacial score (nSPS) is 20.0. The zero-order chi connectivity index (χ0) is 20.4. The molecule has 0 saturated carbocycles. The first kappa shape index (κ1) is 19.3. The predicted molar refractivity (Wildman–Crippen MR) is 107 cm³/mol. The lowest BCUT2D eigenvalue weighted by molar-refractivity contribution is -0.135. The van der Waals surface area contributed by atoms with Crippen LogP contribution < -0.4 is 15.4 Å². The number of hydrogen-bond donors (Lipinski definition) is 2. The van der Waals surface area contributed by atoms with Crippen molar-refractivity contribution < 1.29 is 19.1 Å². The molecule has 1 atom stereocenters. The van der Waals surface area contributed by atoms with Crippen LogP contribution in [-0.2, 0) is 21.5 Å². The number of nitrogens with zero attached hydrogens (tertiary/aromatic N) is 1. The van der Waals surface area contributed by atoms with Gasteiger partial charge in [-0.1, -0.05) is 35.9 Å². The molecule has 4 rings (SSSR count). The standard InChI is InChI=1S/C21H20ClN3O4/c22-15-5-7-16(8-6-15)29-12-11-23-18(26)13-25-19(27)21(24-20(25)28)10-9-14-3-1-2-4-17(14)21/h1-8H,9-13H2,(H,23,26)(H,24,28)/t21-/m0/s1. The minimum atomic E-state index is -1.05. The number of imide groups is 1. The van der Waals surface area contributed by atoms with Gasteiger partial charge in [0, 0.05) is 5.02 Å². The fourth-order valence-electron chi connectivity index (χ4n) is 3.82. The number of amides is 4. The van der Waals surface area contributed by atoms with E-state index in [9.17, 15) is 14.4 Å². The average Bonchev–Trinajstić information content (AvgIpc) is 3.20. The van der Waals surface area contributed by atoms with Crippen molar-refractivity contribution in [2.24, 2.45) is 0 Å². The molecular weight excluding hydrogens is 394 g/mol. The van der Waals surface area contributed by atoms with Gasteiger partial charge in [0.25, 0.3) is 5.91 Å². The van der Waals surface area contributed by atoms with Crippen molar-refractivity contribution in [1.29, 1.82) is 0 Å². The first-order valence-corrected chi connectivity index (χ1v) is 9.75. The van der Waals surface area contributed by atoms with E-state index in [0.29, 0.717) is 23.6 Å². The molecule has 4 amide bonds. The van der Waals surface area contributed by atoms with Crippen LogP contribution in [-0.4, -0.2) is 42.4 Å².